The Hall–Kier alpha value is -0.370. The molecule has 0 aliphatic carbocycles. The van der Waals surface area contributed by atoms with Gasteiger partial charge in [0.05, 0.1) is 6.10 Å². The Morgan fingerprint density at radius 1 is 1.42 bits per heavy atom. The number of carbonyl (C=O) groups is 1. The van der Waals surface area contributed by atoms with Crippen LogP contribution in [0.2, 0.25) is 0 Å². The highest BCUT2D eigenvalue weighted by Crippen LogP contribution is 2.14. The van der Waals surface area contributed by atoms with Crippen LogP contribution in [0.25, 0.3) is 0 Å². The fourth-order valence-electron chi connectivity index (χ4n) is 1.22. The maximum absolute atomic E-state index is 10.1. The summed E-state index contributed by atoms with van der Waals surface area (Å²) in [5, 5.41) is 9.56. The van der Waals surface area contributed by atoms with Crippen molar-refractivity contribution in [1.29, 1.82) is 0 Å². The molecule has 12 heavy (non-hydrogen) atoms. The average Bonchev–Trinajstić information content (AvgIpc) is 2.10. The number of hydrogen-bond acceptors (Lipinski definition) is 2. The number of rotatable bonds is 7. The fourth-order valence-corrected chi connectivity index (χ4v) is 1.22. The Morgan fingerprint density at radius 2 is 2.08 bits per heavy atom. The van der Waals surface area contributed by atoms with Gasteiger partial charge in [0.15, 0.2) is 0 Å². The van der Waals surface area contributed by atoms with E-state index in [0.717, 1.165) is 32.0 Å². The summed E-state index contributed by atoms with van der Waals surface area (Å²) >= 11 is 0. The molecule has 2 nitrogen and oxygen atoms in total. The zero-order valence-electron chi connectivity index (χ0n) is 8.12. The van der Waals surface area contributed by atoms with Crippen LogP contribution in [-0.4, -0.2) is 17.5 Å². The van der Waals surface area contributed by atoms with Gasteiger partial charge in [-0.3, -0.25) is 0 Å². The monoisotopic (exact) mass is 172 g/mol. The molecule has 0 aromatic carbocycles. The Labute approximate surface area is 75.0 Å². The third-order valence-electron chi connectivity index (χ3n) is 2.25. The average molecular weight is 172 g/mol. The van der Waals surface area contributed by atoms with E-state index in [1.165, 1.54) is 0 Å². The summed E-state index contributed by atoms with van der Waals surface area (Å²) in [6.07, 6.45) is 5.16. The smallest absolute Gasteiger partial charge is 0.120 e. The molecule has 0 aliphatic heterocycles. The standard InChI is InChI=1S/C10H20O2/c1-3-4-7-10(12)9(2)6-5-8-11/h8-10,12H,3-7H2,1-2H3. The van der Waals surface area contributed by atoms with Crippen LogP contribution in [0.1, 0.15) is 46.0 Å². The second-order valence-corrected chi connectivity index (χ2v) is 3.43. The Morgan fingerprint density at radius 3 is 2.58 bits per heavy atom. The van der Waals surface area contributed by atoms with E-state index < -0.39 is 0 Å². The lowest BCUT2D eigenvalue weighted by molar-refractivity contribution is -0.108. The molecule has 0 fully saturated rings. The first-order valence-corrected chi connectivity index (χ1v) is 4.84. The highest BCUT2D eigenvalue weighted by atomic mass is 16.3. The molecule has 0 aliphatic rings. The van der Waals surface area contributed by atoms with Crippen molar-refractivity contribution in [1.82, 2.24) is 0 Å². The normalized spacial score (nSPS) is 15.6. The minimum Gasteiger partial charge on any atom is -0.393 e. The predicted molar refractivity (Wildman–Crippen MR) is 50.0 cm³/mol. The first-order valence-electron chi connectivity index (χ1n) is 4.84. The fraction of sp³-hybridized carbons (Fsp3) is 0.900. The van der Waals surface area contributed by atoms with Crippen LogP contribution in [-0.2, 0) is 4.79 Å². The largest absolute Gasteiger partial charge is 0.393 e. The van der Waals surface area contributed by atoms with Gasteiger partial charge in [0.2, 0.25) is 0 Å². The number of carbonyl (C=O) groups excluding carboxylic acids is 1. The molecule has 0 aromatic rings. The molecule has 0 spiro atoms. The maximum atomic E-state index is 10.1. The van der Waals surface area contributed by atoms with Gasteiger partial charge in [0.1, 0.15) is 6.29 Å². The van der Waals surface area contributed by atoms with Crippen molar-refractivity contribution in [2.45, 2.75) is 52.1 Å². The molecular formula is C10H20O2. The zero-order valence-corrected chi connectivity index (χ0v) is 8.12. The molecule has 0 amide bonds. The van der Waals surface area contributed by atoms with Crippen LogP contribution in [0, 0.1) is 5.92 Å². The number of aldehydes is 1. The van der Waals surface area contributed by atoms with Gasteiger partial charge < -0.3 is 9.90 Å². The maximum Gasteiger partial charge on any atom is 0.120 e. The highest BCUT2D eigenvalue weighted by molar-refractivity contribution is 5.49. The number of unbranched alkanes of at least 4 members (excludes halogenated alkanes) is 1. The van der Waals surface area contributed by atoms with Gasteiger partial charge in [-0.1, -0.05) is 26.7 Å². The lowest BCUT2D eigenvalue weighted by Gasteiger charge is -2.17. The molecule has 0 radical (unpaired) electrons. The van der Waals surface area contributed by atoms with Gasteiger partial charge in [-0.25, -0.2) is 0 Å². The molecule has 1 N–H and O–H groups in total. The first-order chi connectivity index (χ1) is 5.72. The molecule has 0 heterocycles. The van der Waals surface area contributed by atoms with Crippen LogP contribution in [0.15, 0.2) is 0 Å². The Kier molecular flexibility index (Phi) is 7.06. The van der Waals surface area contributed by atoms with Crippen molar-refractivity contribution in [2.75, 3.05) is 0 Å². The van der Waals surface area contributed by atoms with Gasteiger partial charge in [0, 0.05) is 6.42 Å². The first kappa shape index (κ1) is 11.6. The summed E-state index contributed by atoms with van der Waals surface area (Å²) in [6, 6.07) is 0. The van der Waals surface area contributed by atoms with Gasteiger partial charge in [-0.2, -0.15) is 0 Å². The molecule has 0 bridgehead atoms. The van der Waals surface area contributed by atoms with Crippen LogP contribution in [0.4, 0.5) is 0 Å². The summed E-state index contributed by atoms with van der Waals surface area (Å²) in [6.45, 7) is 4.12. The number of hydrogen-bond donors (Lipinski definition) is 1. The summed E-state index contributed by atoms with van der Waals surface area (Å²) in [5.74, 6) is 0.266. The minimum atomic E-state index is -0.218. The van der Waals surface area contributed by atoms with Gasteiger partial charge in [0.25, 0.3) is 0 Å². The van der Waals surface area contributed by atoms with E-state index in [2.05, 4.69) is 6.92 Å². The van der Waals surface area contributed by atoms with Crippen molar-refractivity contribution in [2.24, 2.45) is 5.92 Å². The molecule has 0 rings (SSSR count). The quantitative estimate of drug-likeness (QED) is 0.597. The molecule has 2 unspecified atom stereocenters. The Balaban J connectivity index is 3.45. The Bertz CT molecular complexity index is 112. The van der Waals surface area contributed by atoms with E-state index in [4.69, 9.17) is 0 Å². The predicted octanol–water partition coefficient (Wildman–Crippen LogP) is 2.15. The molecule has 0 saturated carbocycles. The van der Waals surface area contributed by atoms with Crippen molar-refractivity contribution in [3.8, 4) is 0 Å². The molecular weight excluding hydrogens is 152 g/mol. The topological polar surface area (TPSA) is 37.3 Å². The van der Waals surface area contributed by atoms with E-state index >= 15 is 0 Å². The van der Waals surface area contributed by atoms with Crippen molar-refractivity contribution >= 4 is 6.29 Å². The zero-order chi connectivity index (χ0) is 9.40. The lowest BCUT2D eigenvalue weighted by Crippen LogP contribution is -2.17. The summed E-state index contributed by atoms with van der Waals surface area (Å²) < 4.78 is 0. The van der Waals surface area contributed by atoms with E-state index in [1.54, 1.807) is 0 Å². The SMILES string of the molecule is CCCCC(O)C(C)CCC=O. The van der Waals surface area contributed by atoms with Crippen LogP contribution < -0.4 is 0 Å². The second kappa shape index (κ2) is 7.29. The molecule has 0 aromatic heterocycles. The summed E-state index contributed by atoms with van der Waals surface area (Å²) in [7, 11) is 0. The third kappa shape index (κ3) is 5.30. The van der Waals surface area contributed by atoms with Gasteiger partial charge in [-0.05, 0) is 18.8 Å². The highest BCUT2D eigenvalue weighted by Gasteiger charge is 2.12. The van der Waals surface area contributed by atoms with Crippen LogP contribution >= 0.6 is 0 Å². The lowest BCUT2D eigenvalue weighted by atomic mass is 9.95. The third-order valence-corrected chi connectivity index (χ3v) is 2.25. The molecule has 72 valence electrons. The number of aliphatic hydroxyl groups excluding tert-OH is 1. The van der Waals surface area contributed by atoms with Crippen molar-refractivity contribution in [3.63, 3.8) is 0 Å². The van der Waals surface area contributed by atoms with E-state index in [1.807, 2.05) is 6.92 Å². The molecule has 2 heteroatoms. The second-order valence-electron chi connectivity index (χ2n) is 3.43. The minimum absolute atomic E-state index is 0.218. The number of aliphatic hydroxyl groups is 1. The van der Waals surface area contributed by atoms with Gasteiger partial charge in [-0.15, -0.1) is 0 Å². The molecule has 0 saturated heterocycles. The van der Waals surface area contributed by atoms with Crippen molar-refractivity contribution in [3.05, 3.63) is 0 Å². The molecule has 2 atom stereocenters. The van der Waals surface area contributed by atoms with E-state index in [0.29, 0.717) is 6.42 Å². The summed E-state index contributed by atoms with van der Waals surface area (Å²) in [4.78, 5) is 10.1. The van der Waals surface area contributed by atoms with E-state index in [9.17, 15) is 9.90 Å². The van der Waals surface area contributed by atoms with E-state index in [-0.39, 0.29) is 12.0 Å². The van der Waals surface area contributed by atoms with Crippen molar-refractivity contribution < 1.29 is 9.90 Å². The summed E-state index contributed by atoms with van der Waals surface area (Å²) in [5.41, 5.74) is 0. The van der Waals surface area contributed by atoms with Crippen LogP contribution in [0.3, 0.4) is 0 Å². The van der Waals surface area contributed by atoms with Gasteiger partial charge >= 0.3 is 0 Å². The van der Waals surface area contributed by atoms with Crippen LogP contribution in [0.5, 0.6) is 0 Å².